The van der Waals surface area contributed by atoms with Gasteiger partial charge in [0.1, 0.15) is 17.3 Å². The summed E-state index contributed by atoms with van der Waals surface area (Å²) in [7, 11) is 0. The predicted molar refractivity (Wildman–Crippen MR) is 95.5 cm³/mol. The molecule has 7 heteroatoms. The smallest absolute Gasteiger partial charge is 0.258 e. The van der Waals surface area contributed by atoms with Crippen LogP contribution in [0.4, 0.5) is 26.1 Å². The Balaban J connectivity index is 1.75. The summed E-state index contributed by atoms with van der Waals surface area (Å²) in [6.45, 7) is 3.92. The van der Waals surface area contributed by atoms with Gasteiger partial charge in [0, 0.05) is 18.1 Å². The molecule has 0 saturated heterocycles. The Kier molecular flexibility index (Phi) is 4.88. The van der Waals surface area contributed by atoms with Crippen molar-refractivity contribution in [3.05, 3.63) is 77.1 Å². The van der Waals surface area contributed by atoms with Crippen LogP contribution in [-0.4, -0.2) is 15.9 Å². The van der Waals surface area contributed by atoms with Crippen LogP contribution < -0.4 is 10.6 Å². The van der Waals surface area contributed by atoms with Crippen LogP contribution in [0.1, 0.15) is 21.5 Å². The Morgan fingerprint density at radius 3 is 2.31 bits per heavy atom. The summed E-state index contributed by atoms with van der Waals surface area (Å²) in [5.74, 6) is -2.10. The van der Waals surface area contributed by atoms with E-state index in [1.165, 1.54) is 18.5 Å². The molecule has 0 fully saturated rings. The molecule has 0 atom stereocenters. The lowest BCUT2D eigenvalue weighted by molar-refractivity contribution is 0.102. The van der Waals surface area contributed by atoms with Crippen molar-refractivity contribution in [2.75, 3.05) is 10.6 Å². The Morgan fingerprint density at radius 2 is 1.65 bits per heavy atom. The number of hydrogen-bond acceptors (Lipinski definition) is 4. The highest BCUT2D eigenvalue weighted by atomic mass is 19.1. The first-order valence-corrected chi connectivity index (χ1v) is 7.86. The molecule has 1 amide bonds. The summed E-state index contributed by atoms with van der Waals surface area (Å²) in [6, 6.07) is 9.27. The number of aryl methyl sites for hydroxylation is 2. The lowest BCUT2D eigenvalue weighted by Gasteiger charge is -2.10. The largest absolute Gasteiger partial charge is 0.324 e. The zero-order valence-electron chi connectivity index (χ0n) is 14.2. The van der Waals surface area contributed by atoms with Crippen LogP contribution in [0.25, 0.3) is 0 Å². The van der Waals surface area contributed by atoms with Gasteiger partial charge in [0.2, 0.25) is 5.95 Å². The molecule has 0 radical (unpaired) electrons. The van der Waals surface area contributed by atoms with E-state index in [-0.39, 0.29) is 5.56 Å². The fourth-order valence-corrected chi connectivity index (χ4v) is 2.30. The van der Waals surface area contributed by atoms with Gasteiger partial charge in [-0.15, -0.1) is 0 Å². The van der Waals surface area contributed by atoms with Crippen LogP contribution in [0.3, 0.4) is 0 Å². The number of carbonyl (C=O) groups excluding carboxylic acids is 1. The van der Waals surface area contributed by atoms with Crippen LogP contribution >= 0.6 is 0 Å². The number of benzene rings is 2. The molecule has 0 unspecified atom stereocenters. The molecule has 0 saturated carbocycles. The summed E-state index contributed by atoms with van der Waals surface area (Å²) in [6.07, 6.45) is 2.57. The number of nitrogens with zero attached hydrogens (tertiary/aromatic N) is 2. The van der Waals surface area contributed by atoms with Gasteiger partial charge >= 0.3 is 0 Å². The second-order valence-electron chi connectivity index (χ2n) is 5.79. The molecular weight excluding hydrogens is 338 g/mol. The van der Waals surface area contributed by atoms with Crippen molar-refractivity contribution in [2.45, 2.75) is 13.8 Å². The number of hydrogen-bond donors (Lipinski definition) is 2. The number of para-hydroxylation sites is 1. The lowest BCUT2D eigenvalue weighted by atomic mass is 10.1. The average molecular weight is 354 g/mol. The van der Waals surface area contributed by atoms with Gasteiger partial charge in [-0.2, -0.15) is 0 Å². The van der Waals surface area contributed by atoms with E-state index < -0.39 is 23.2 Å². The van der Waals surface area contributed by atoms with Crippen molar-refractivity contribution in [2.24, 2.45) is 0 Å². The third kappa shape index (κ3) is 3.83. The van der Waals surface area contributed by atoms with E-state index in [4.69, 9.17) is 0 Å². The minimum Gasteiger partial charge on any atom is -0.324 e. The van der Waals surface area contributed by atoms with Gasteiger partial charge in [-0.05, 0) is 43.2 Å². The molecule has 0 bridgehead atoms. The number of rotatable bonds is 4. The van der Waals surface area contributed by atoms with Crippen LogP contribution in [0.15, 0.2) is 48.8 Å². The van der Waals surface area contributed by atoms with Crippen molar-refractivity contribution < 1.29 is 13.6 Å². The predicted octanol–water partition coefficient (Wildman–Crippen LogP) is 4.37. The maximum atomic E-state index is 13.6. The molecule has 0 aliphatic rings. The Morgan fingerprint density at radius 1 is 1.00 bits per heavy atom. The molecule has 2 aromatic carbocycles. The maximum absolute atomic E-state index is 13.6. The molecule has 3 rings (SSSR count). The first-order chi connectivity index (χ1) is 12.4. The second-order valence-corrected chi connectivity index (χ2v) is 5.79. The Bertz CT molecular complexity index is 938. The summed E-state index contributed by atoms with van der Waals surface area (Å²) in [5.41, 5.74) is 2.54. The normalized spacial score (nSPS) is 10.5. The summed E-state index contributed by atoms with van der Waals surface area (Å²) >= 11 is 0. The van der Waals surface area contributed by atoms with E-state index in [2.05, 4.69) is 20.6 Å². The number of carbonyl (C=O) groups is 1. The molecule has 0 aliphatic carbocycles. The number of halogens is 2. The van der Waals surface area contributed by atoms with Crippen molar-refractivity contribution in [1.29, 1.82) is 0 Å². The number of nitrogens with one attached hydrogen (secondary N) is 2. The molecule has 0 aliphatic heterocycles. The maximum Gasteiger partial charge on any atom is 0.258 e. The Labute approximate surface area is 149 Å². The highest BCUT2D eigenvalue weighted by molar-refractivity contribution is 6.04. The molecule has 5 nitrogen and oxygen atoms in total. The van der Waals surface area contributed by atoms with E-state index in [9.17, 15) is 13.6 Å². The number of aromatic nitrogens is 2. The van der Waals surface area contributed by atoms with Gasteiger partial charge in [0.25, 0.3) is 5.91 Å². The minimum absolute atomic E-state index is 0.0826. The zero-order chi connectivity index (χ0) is 18.7. The summed E-state index contributed by atoms with van der Waals surface area (Å²) in [4.78, 5) is 20.3. The molecular formula is C19H16F2N4O. The Hall–Kier alpha value is -3.35. The fraction of sp³-hybridized carbons (Fsp3) is 0.105. The van der Waals surface area contributed by atoms with Gasteiger partial charge in [-0.1, -0.05) is 18.2 Å². The minimum atomic E-state index is -0.854. The van der Waals surface area contributed by atoms with E-state index in [0.29, 0.717) is 5.95 Å². The monoisotopic (exact) mass is 354 g/mol. The van der Waals surface area contributed by atoms with Crippen molar-refractivity contribution in [1.82, 2.24) is 9.97 Å². The fourth-order valence-electron chi connectivity index (χ4n) is 2.30. The third-order valence-corrected chi connectivity index (χ3v) is 3.75. The van der Waals surface area contributed by atoms with Gasteiger partial charge in [-0.3, -0.25) is 4.79 Å². The molecule has 1 heterocycles. The first-order valence-electron chi connectivity index (χ1n) is 7.86. The van der Waals surface area contributed by atoms with Gasteiger partial charge in [0.05, 0.1) is 5.56 Å². The molecule has 0 spiro atoms. The number of anilines is 3. The van der Waals surface area contributed by atoms with Crippen molar-refractivity contribution in [3.8, 4) is 0 Å². The molecule has 132 valence electrons. The van der Waals surface area contributed by atoms with E-state index in [0.717, 1.165) is 28.9 Å². The van der Waals surface area contributed by atoms with Gasteiger partial charge in [0.15, 0.2) is 0 Å². The highest BCUT2D eigenvalue weighted by Gasteiger charge is 2.14. The quantitative estimate of drug-likeness (QED) is 0.730. The van der Waals surface area contributed by atoms with Crippen LogP contribution in [-0.2, 0) is 0 Å². The lowest BCUT2D eigenvalue weighted by Crippen LogP contribution is -2.15. The zero-order valence-corrected chi connectivity index (χ0v) is 14.2. The SMILES string of the molecule is Cc1ccc(C)c(Nc2ncc(C(=O)Nc3c(F)cccc3F)cn2)c1. The van der Waals surface area contributed by atoms with Gasteiger partial charge in [-0.25, -0.2) is 18.7 Å². The number of amides is 1. The average Bonchev–Trinajstić information content (AvgIpc) is 2.62. The van der Waals surface area contributed by atoms with Crippen LogP contribution in [0.2, 0.25) is 0 Å². The van der Waals surface area contributed by atoms with Gasteiger partial charge < -0.3 is 10.6 Å². The molecule has 3 aromatic rings. The van der Waals surface area contributed by atoms with E-state index in [1.54, 1.807) is 0 Å². The van der Waals surface area contributed by atoms with E-state index in [1.807, 2.05) is 32.0 Å². The highest BCUT2D eigenvalue weighted by Crippen LogP contribution is 2.21. The second kappa shape index (κ2) is 7.26. The molecule has 2 N–H and O–H groups in total. The van der Waals surface area contributed by atoms with Crippen molar-refractivity contribution in [3.63, 3.8) is 0 Å². The van der Waals surface area contributed by atoms with Crippen molar-refractivity contribution >= 4 is 23.2 Å². The topological polar surface area (TPSA) is 66.9 Å². The van der Waals surface area contributed by atoms with Crippen LogP contribution in [0.5, 0.6) is 0 Å². The standard InChI is InChI=1S/C19H16F2N4O/c1-11-6-7-12(2)16(8-11)24-19-22-9-13(10-23-19)18(26)25-17-14(20)4-3-5-15(17)21/h3-10H,1-2H3,(H,25,26)(H,22,23,24). The van der Waals surface area contributed by atoms with Crippen LogP contribution in [0, 0.1) is 25.5 Å². The summed E-state index contributed by atoms with van der Waals surface area (Å²) in [5, 5.41) is 5.26. The summed E-state index contributed by atoms with van der Waals surface area (Å²) < 4.78 is 27.2. The molecule has 26 heavy (non-hydrogen) atoms. The first kappa shape index (κ1) is 17.5. The molecule has 1 aromatic heterocycles. The van der Waals surface area contributed by atoms with E-state index >= 15 is 0 Å². The third-order valence-electron chi connectivity index (χ3n) is 3.75.